The predicted molar refractivity (Wildman–Crippen MR) is 101 cm³/mol. The minimum absolute atomic E-state index is 0.171. The molecule has 0 aliphatic rings. The lowest BCUT2D eigenvalue weighted by atomic mass is 9.81. The molecule has 0 aliphatic carbocycles. The van der Waals surface area contributed by atoms with Crippen LogP contribution in [-0.4, -0.2) is 42.1 Å². The van der Waals surface area contributed by atoms with Crippen LogP contribution >= 0.6 is 0 Å². The number of alkyl halides is 10. The molecule has 0 aromatic heterocycles. The second-order valence-corrected chi connectivity index (χ2v) is 11.0. The molecule has 1 aromatic rings. The molecular formula is C19H22F10O4S. The first-order chi connectivity index (χ1) is 14.6. The minimum atomic E-state index is -7.73. The van der Waals surface area contributed by atoms with Crippen molar-refractivity contribution in [3.63, 3.8) is 0 Å². The van der Waals surface area contributed by atoms with Gasteiger partial charge >= 0.3 is 39.2 Å². The van der Waals surface area contributed by atoms with Gasteiger partial charge in [-0.15, -0.1) is 0 Å². The Labute approximate surface area is 189 Å². The van der Waals surface area contributed by atoms with Crippen LogP contribution in [0.3, 0.4) is 0 Å². The Hall–Kier alpha value is -1.77. The lowest BCUT2D eigenvalue weighted by molar-refractivity contribution is -0.423. The molecular weight excluding hydrogens is 514 g/mol. The van der Waals surface area contributed by atoms with Crippen molar-refractivity contribution in [3.8, 4) is 5.75 Å². The lowest BCUT2D eigenvalue weighted by Crippen LogP contribution is -2.69. The summed E-state index contributed by atoms with van der Waals surface area (Å²) in [6.07, 6.45) is -6.56. The highest BCUT2D eigenvalue weighted by molar-refractivity contribution is 7.87. The number of benzene rings is 1. The van der Waals surface area contributed by atoms with Crippen molar-refractivity contribution < 1.29 is 61.6 Å². The van der Waals surface area contributed by atoms with Gasteiger partial charge < -0.3 is 4.74 Å². The van der Waals surface area contributed by atoms with E-state index in [1.165, 1.54) is 26.8 Å². The van der Waals surface area contributed by atoms with Crippen LogP contribution in [0.4, 0.5) is 43.9 Å². The van der Waals surface area contributed by atoms with Crippen molar-refractivity contribution in [2.45, 2.75) is 81.5 Å². The third kappa shape index (κ3) is 4.82. The summed E-state index contributed by atoms with van der Waals surface area (Å²) in [5.41, 5.74) is -2.04. The van der Waals surface area contributed by atoms with Gasteiger partial charge in [0.1, 0.15) is 5.75 Å². The SMILES string of the molecule is CC(C)(C)c1ccc(C(C)(C)C)c(OC(F)(F)C(F)(F)C(F)(F)C(F)(F)C(F)(F)S(=O)(=O)O)c1. The molecule has 0 atom stereocenters. The van der Waals surface area contributed by atoms with E-state index in [0.29, 0.717) is 0 Å². The Morgan fingerprint density at radius 2 is 1.15 bits per heavy atom. The quantitative estimate of drug-likeness (QED) is 0.314. The van der Waals surface area contributed by atoms with Gasteiger partial charge in [0.05, 0.1) is 0 Å². The summed E-state index contributed by atoms with van der Waals surface area (Å²) >= 11 is 0. The fraction of sp³-hybridized carbons (Fsp3) is 0.684. The number of halogens is 10. The summed E-state index contributed by atoms with van der Waals surface area (Å²) < 4.78 is 171. The van der Waals surface area contributed by atoms with Gasteiger partial charge in [-0.2, -0.15) is 52.3 Å². The second kappa shape index (κ2) is 8.14. The normalized spacial score (nSPS) is 15.4. The van der Waals surface area contributed by atoms with Crippen molar-refractivity contribution in [1.82, 2.24) is 0 Å². The Morgan fingerprint density at radius 1 is 0.706 bits per heavy atom. The first-order valence-electron chi connectivity index (χ1n) is 9.26. The summed E-state index contributed by atoms with van der Waals surface area (Å²) in [7, 11) is -7.44. The monoisotopic (exact) mass is 536 g/mol. The van der Waals surface area contributed by atoms with E-state index in [9.17, 15) is 52.3 Å². The van der Waals surface area contributed by atoms with Crippen molar-refractivity contribution in [1.29, 1.82) is 0 Å². The number of rotatable bonds is 7. The molecule has 1 N–H and O–H groups in total. The van der Waals surface area contributed by atoms with Gasteiger partial charge in [-0.05, 0) is 28.0 Å². The molecule has 198 valence electrons. The largest absolute Gasteiger partial charge is 0.471 e. The Bertz CT molecular complexity index is 1020. The molecule has 0 heterocycles. The summed E-state index contributed by atoms with van der Waals surface area (Å²) in [5, 5.41) is -7.26. The van der Waals surface area contributed by atoms with E-state index in [-0.39, 0.29) is 11.1 Å². The fourth-order valence-corrected chi connectivity index (χ4v) is 3.07. The Kier molecular flexibility index (Phi) is 7.24. The highest BCUT2D eigenvalue weighted by Crippen LogP contribution is 2.58. The predicted octanol–water partition coefficient (Wildman–Crippen LogP) is 6.64. The molecule has 1 rings (SSSR count). The maximum atomic E-state index is 14.4. The third-order valence-corrected chi connectivity index (χ3v) is 5.64. The van der Waals surface area contributed by atoms with Crippen molar-refractivity contribution in [3.05, 3.63) is 29.3 Å². The zero-order valence-corrected chi connectivity index (χ0v) is 19.4. The Morgan fingerprint density at radius 3 is 1.50 bits per heavy atom. The molecule has 34 heavy (non-hydrogen) atoms. The summed E-state index contributed by atoms with van der Waals surface area (Å²) in [5.74, 6) is -24.0. The van der Waals surface area contributed by atoms with E-state index >= 15 is 0 Å². The molecule has 0 saturated heterocycles. The van der Waals surface area contributed by atoms with E-state index in [1.807, 2.05) is 0 Å². The molecule has 0 bridgehead atoms. The highest BCUT2D eigenvalue weighted by Gasteiger charge is 2.90. The summed E-state index contributed by atoms with van der Waals surface area (Å²) in [4.78, 5) is 0. The van der Waals surface area contributed by atoms with E-state index in [1.54, 1.807) is 20.8 Å². The molecule has 15 heteroatoms. The molecule has 1 aromatic carbocycles. The highest BCUT2D eigenvalue weighted by atomic mass is 32.2. The van der Waals surface area contributed by atoms with Gasteiger partial charge in [0, 0.05) is 0 Å². The van der Waals surface area contributed by atoms with Crippen LogP contribution in [0, 0.1) is 0 Å². The first-order valence-corrected chi connectivity index (χ1v) is 10.7. The molecule has 4 nitrogen and oxygen atoms in total. The van der Waals surface area contributed by atoms with Crippen molar-refractivity contribution >= 4 is 10.1 Å². The molecule has 0 unspecified atom stereocenters. The molecule has 0 fully saturated rings. The van der Waals surface area contributed by atoms with Gasteiger partial charge in [-0.3, -0.25) is 4.55 Å². The van der Waals surface area contributed by atoms with Crippen LogP contribution in [0.15, 0.2) is 18.2 Å². The lowest BCUT2D eigenvalue weighted by Gasteiger charge is -2.38. The van der Waals surface area contributed by atoms with Gasteiger partial charge in [0.2, 0.25) is 0 Å². The Balaban J connectivity index is 3.72. The van der Waals surface area contributed by atoms with Crippen LogP contribution < -0.4 is 4.74 Å². The van der Waals surface area contributed by atoms with Crippen LogP contribution in [0.5, 0.6) is 5.75 Å². The van der Waals surface area contributed by atoms with Crippen molar-refractivity contribution in [2.24, 2.45) is 0 Å². The molecule has 0 radical (unpaired) electrons. The van der Waals surface area contributed by atoms with E-state index < -0.39 is 55.8 Å². The van der Waals surface area contributed by atoms with E-state index in [2.05, 4.69) is 4.74 Å². The van der Waals surface area contributed by atoms with E-state index in [4.69, 9.17) is 4.55 Å². The van der Waals surface area contributed by atoms with Crippen LogP contribution in [0.1, 0.15) is 52.7 Å². The molecule has 0 amide bonds. The maximum absolute atomic E-state index is 14.4. The van der Waals surface area contributed by atoms with Crippen molar-refractivity contribution in [2.75, 3.05) is 0 Å². The summed E-state index contributed by atoms with van der Waals surface area (Å²) in [6.45, 7) is 8.83. The molecule has 0 spiro atoms. The number of hydrogen-bond donors (Lipinski definition) is 1. The maximum Gasteiger partial charge on any atom is 0.471 e. The fourth-order valence-electron chi connectivity index (χ4n) is 2.62. The minimum Gasteiger partial charge on any atom is -0.428 e. The van der Waals surface area contributed by atoms with Crippen LogP contribution in [0.2, 0.25) is 0 Å². The van der Waals surface area contributed by atoms with Gasteiger partial charge in [0.25, 0.3) is 0 Å². The van der Waals surface area contributed by atoms with Gasteiger partial charge in [-0.25, -0.2) is 0 Å². The average Bonchev–Trinajstić information content (AvgIpc) is 2.57. The van der Waals surface area contributed by atoms with E-state index in [0.717, 1.165) is 12.1 Å². The smallest absolute Gasteiger partial charge is 0.428 e. The number of ether oxygens (including phenoxy) is 1. The van der Waals surface area contributed by atoms with Gasteiger partial charge in [-0.1, -0.05) is 53.7 Å². The van der Waals surface area contributed by atoms with Crippen LogP contribution in [0.25, 0.3) is 0 Å². The standard InChI is InChI=1S/C19H22F10O4S/c1-13(2,3)10-7-8-11(14(4,5)6)12(9-10)33-18(26,27)16(22,23)15(20,21)17(24,25)19(28,29)34(30,31)32/h7-9H,1-6H3,(H,30,31,32). The third-order valence-electron chi connectivity index (χ3n) is 4.74. The first kappa shape index (κ1) is 30.3. The zero-order valence-electron chi connectivity index (χ0n) is 18.6. The second-order valence-electron chi connectivity index (χ2n) is 9.54. The zero-order chi connectivity index (χ0) is 27.6. The molecule has 0 aliphatic heterocycles. The number of hydrogen-bond acceptors (Lipinski definition) is 3. The van der Waals surface area contributed by atoms with Gasteiger partial charge in [0.15, 0.2) is 0 Å². The van der Waals surface area contributed by atoms with Crippen LogP contribution in [-0.2, 0) is 20.9 Å². The molecule has 0 saturated carbocycles. The topological polar surface area (TPSA) is 63.6 Å². The summed E-state index contributed by atoms with van der Waals surface area (Å²) in [6, 6.07) is 3.30. The average molecular weight is 536 g/mol.